The molecular formula is C18H22N6O7. The molecule has 1 aromatic carbocycles. The zero-order chi connectivity index (χ0) is 23.1. The lowest BCUT2D eigenvalue weighted by atomic mass is 10.0. The summed E-state index contributed by atoms with van der Waals surface area (Å²) in [6.45, 7) is 3.62. The number of H-pyrrole nitrogens is 1. The molecule has 0 aliphatic heterocycles. The van der Waals surface area contributed by atoms with E-state index >= 15 is 0 Å². The number of aromatic nitrogens is 2. The highest BCUT2D eigenvalue weighted by atomic mass is 16.6. The Bertz CT molecular complexity index is 960. The molecule has 1 amide bonds. The average Bonchev–Trinajstić information content (AvgIpc) is 3.19. The lowest BCUT2D eigenvalue weighted by Crippen LogP contribution is -2.49. The number of hydrogen-bond acceptors (Lipinski definition) is 8. The SMILES string of the molecule is CC(C)C[C@H](NC(=O)[C@H](Cc1cnc[nH]1)Nc1ccc([N+](=O)[O-])cc1[N+](=O)[O-])C(=O)O. The maximum atomic E-state index is 12.9. The fraction of sp³-hybridized carbons (Fsp3) is 0.389. The zero-order valence-corrected chi connectivity index (χ0v) is 16.8. The Balaban J connectivity index is 2.34. The third kappa shape index (κ3) is 6.48. The molecule has 4 N–H and O–H groups in total. The number of non-ortho nitro benzene ring substituents is 1. The molecule has 0 aliphatic carbocycles. The molecule has 2 rings (SSSR count). The van der Waals surface area contributed by atoms with Crippen molar-refractivity contribution in [1.29, 1.82) is 0 Å². The number of benzene rings is 1. The number of nitro groups is 2. The number of nitro benzene ring substituents is 2. The number of imidazole rings is 1. The van der Waals surface area contributed by atoms with Crippen molar-refractivity contribution >= 4 is 28.9 Å². The third-order valence-corrected chi connectivity index (χ3v) is 4.34. The number of anilines is 1. The zero-order valence-electron chi connectivity index (χ0n) is 16.8. The van der Waals surface area contributed by atoms with E-state index in [-0.39, 0.29) is 24.4 Å². The number of rotatable bonds is 11. The fourth-order valence-corrected chi connectivity index (χ4v) is 2.89. The van der Waals surface area contributed by atoms with Gasteiger partial charge >= 0.3 is 5.97 Å². The van der Waals surface area contributed by atoms with Gasteiger partial charge in [-0.05, 0) is 18.4 Å². The second-order valence-electron chi connectivity index (χ2n) is 7.22. The van der Waals surface area contributed by atoms with E-state index < -0.39 is 45.2 Å². The lowest BCUT2D eigenvalue weighted by molar-refractivity contribution is -0.393. The fourth-order valence-electron chi connectivity index (χ4n) is 2.89. The molecule has 0 unspecified atom stereocenters. The van der Waals surface area contributed by atoms with Crippen LogP contribution in [0.25, 0.3) is 0 Å². The number of nitrogens with zero attached hydrogens (tertiary/aromatic N) is 3. The first-order chi connectivity index (χ1) is 14.6. The topological polar surface area (TPSA) is 193 Å². The van der Waals surface area contributed by atoms with E-state index in [1.54, 1.807) is 0 Å². The highest BCUT2D eigenvalue weighted by Gasteiger charge is 2.29. The Hall–Kier alpha value is -4.03. The minimum atomic E-state index is -1.20. The van der Waals surface area contributed by atoms with Crippen LogP contribution in [0.5, 0.6) is 0 Å². The summed E-state index contributed by atoms with van der Waals surface area (Å²) in [6.07, 6.45) is 3.04. The summed E-state index contributed by atoms with van der Waals surface area (Å²) < 4.78 is 0. The van der Waals surface area contributed by atoms with Crippen LogP contribution in [-0.2, 0) is 16.0 Å². The van der Waals surface area contributed by atoms with Gasteiger partial charge in [0.15, 0.2) is 0 Å². The maximum absolute atomic E-state index is 12.9. The Morgan fingerprint density at radius 3 is 2.42 bits per heavy atom. The van der Waals surface area contributed by atoms with Crippen LogP contribution in [0.3, 0.4) is 0 Å². The molecule has 0 saturated carbocycles. The van der Waals surface area contributed by atoms with Crippen molar-refractivity contribution in [2.75, 3.05) is 5.32 Å². The van der Waals surface area contributed by atoms with Crippen LogP contribution < -0.4 is 10.6 Å². The summed E-state index contributed by atoms with van der Waals surface area (Å²) >= 11 is 0. The highest BCUT2D eigenvalue weighted by molar-refractivity contribution is 5.89. The molecule has 1 heterocycles. The smallest absolute Gasteiger partial charge is 0.326 e. The van der Waals surface area contributed by atoms with Crippen molar-refractivity contribution < 1.29 is 24.5 Å². The predicted octanol–water partition coefficient (Wildman–Crippen LogP) is 1.86. The van der Waals surface area contributed by atoms with E-state index in [1.165, 1.54) is 12.5 Å². The second-order valence-corrected chi connectivity index (χ2v) is 7.22. The van der Waals surface area contributed by atoms with Crippen LogP contribution in [0.2, 0.25) is 0 Å². The Labute approximate surface area is 176 Å². The molecule has 0 bridgehead atoms. The number of carbonyl (C=O) groups is 2. The van der Waals surface area contributed by atoms with Gasteiger partial charge in [-0.3, -0.25) is 25.0 Å². The van der Waals surface area contributed by atoms with E-state index in [0.717, 1.165) is 18.2 Å². The number of aliphatic carboxylic acids is 1. The van der Waals surface area contributed by atoms with Gasteiger partial charge in [0, 0.05) is 24.4 Å². The summed E-state index contributed by atoms with van der Waals surface area (Å²) in [4.78, 5) is 51.8. The largest absolute Gasteiger partial charge is 0.480 e. The van der Waals surface area contributed by atoms with Gasteiger partial charge in [-0.25, -0.2) is 9.78 Å². The van der Waals surface area contributed by atoms with E-state index in [0.29, 0.717) is 5.69 Å². The second kappa shape index (κ2) is 10.1. The number of amides is 1. The number of nitrogens with one attached hydrogen (secondary N) is 3. The molecule has 166 valence electrons. The first-order valence-corrected chi connectivity index (χ1v) is 9.28. The molecule has 1 aromatic heterocycles. The maximum Gasteiger partial charge on any atom is 0.326 e. The first kappa shape index (κ1) is 23.3. The van der Waals surface area contributed by atoms with Crippen molar-refractivity contribution in [1.82, 2.24) is 15.3 Å². The number of carboxylic acids is 1. The quantitative estimate of drug-likeness (QED) is 0.301. The van der Waals surface area contributed by atoms with Gasteiger partial charge in [-0.15, -0.1) is 0 Å². The highest BCUT2D eigenvalue weighted by Crippen LogP contribution is 2.29. The van der Waals surface area contributed by atoms with Crippen LogP contribution in [0.1, 0.15) is 26.0 Å². The molecule has 0 aliphatic rings. The van der Waals surface area contributed by atoms with Gasteiger partial charge in [-0.1, -0.05) is 13.8 Å². The molecule has 13 heteroatoms. The van der Waals surface area contributed by atoms with Gasteiger partial charge < -0.3 is 20.7 Å². The number of carbonyl (C=O) groups excluding carboxylic acids is 1. The molecule has 13 nitrogen and oxygen atoms in total. The van der Waals surface area contributed by atoms with Gasteiger partial charge in [0.05, 0.1) is 22.2 Å². The van der Waals surface area contributed by atoms with Crippen molar-refractivity contribution in [3.63, 3.8) is 0 Å². The number of aromatic amines is 1. The first-order valence-electron chi connectivity index (χ1n) is 9.28. The van der Waals surface area contributed by atoms with E-state index in [4.69, 9.17) is 0 Å². The van der Waals surface area contributed by atoms with E-state index in [9.17, 15) is 34.9 Å². The molecule has 2 atom stereocenters. The predicted molar refractivity (Wildman–Crippen MR) is 108 cm³/mol. The molecule has 0 fully saturated rings. The Morgan fingerprint density at radius 1 is 1.19 bits per heavy atom. The van der Waals surface area contributed by atoms with Gasteiger partial charge in [-0.2, -0.15) is 0 Å². The normalized spacial score (nSPS) is 12.7. The van der Waals surface area contributed by atoms with Gasteiger partial charge in [0.2, 0.25) is 5.91 Å². The standard InChI is InChI=1S/C18H22N6O7/c1-10(2)5-15(18(26)27)22-17(25)14(6-11-8-19-9-20-11)21-13-4-3-12(23(28)29)7-16(13)24(30)31/h3-4,7-10,14-15,21H,5-6H2,1-2H3,(H,19,20)(H,22,25)(H,26,27)/t14-,15-/m0/s1. The van der Waals surface area contributed by atoms with Crippen molar-refractivity contribution in [2.45, 2.75) is 38.8 Å². The molecule has 31 heavy (non-hydrogen) atoms. The minimum Gasteiger partial charge on any atom is -0.480 e. The van der Waals surface area contributed by atoms with Crippen LogP contribution in [0.4, 0.5) is 17.1 Å². The van der Waals surface area contributed by atoms with Crippen molar-refractivity contribution in [3.8, 4) is 0 Å². The molecular weight excluding hydrogens is 412 g/mol. The molecule has 0 spiro atoms. The average molecular weight is 434 g/mol. The Morgan fingerprint density at radius 2 is 1.90 bits per heavy atom. The lowest BCUT2D eigenvalue weighted by Gasteiger charge is -2.22. The van der Waals surface area contributed by atoms with Crippen molar-refractivity contribution in [2.24, 2.45) is 5.92 Å². The van der Waals surface area contributed by atoms with E-state index in [2.05, 4.69) is 20.6 Å². The molecule has 2 aromatic rings. The molecule has 0 saturated heterocycles. The summed E-state index contributed by atoms with van der Waals surface area (Å²) in [6, 6.07) is 0.720. The van der Waals surface area contributed by atoms with Crippen LogP contribution in [0.15, 0.2) is 30.7 Å². The summed E-state index contributed by atoms with van der Waals surface area (Å²) in [5, 5.41) is 36.9. The molecule has 0 radical (unpaired) electrons. The minimum absolute atomic E-state index is 0.00354. The van der Waals surface area contributed by atoms with Crippen molar-refractivity contribution in [3.05, 3.63) is 56.6 Å². The van der Waals surface area contributed by atoms with Crippen LogP contribution >= 0.6 is 0 Å². The summed E-state index contributed by atoms with van der Waals surface area (Å²) in [5.41, 5.74) is -0.665. The van der Waals surface area contributed by atoms with E-state index in [1.807, 2.05) is 13.8 Å². The number of hydrogen-bond donors (Lipinski definition) is 4. The Kier molecular flexibility index (Phi) is 7.60. The van der Waals surface area contributed by atoms with Crippen LogP contribution in [0, 0.1) is 26.1 Å². The summed E-state index contributed by atoms with van der Waals surface area (Å²) in [7, 11) is 0. The monoisotopic (exact) mass is 434 g/mol. The van der Waals surface area contributed by atoms with Gasteiger partial charge in [0.1, 0.15) is 17.8 Å². The van der Waals surface area contributed by atoms with Gasteiger partial charge in [0.25, 0.3) is 11.4 Å². The van der Waals surface area contributed by atoms with Crippen LogP contribution in [-0.4, -0.2) is 48.9 Å². The third-order valence-electron chi connectivity index (χ3n) is 4.34. The number of carboxylic acid groups (broad SMARTS) is 1. The summed E-state index contributed by atoms with van der Waals surface area (Å²) in [5.74, 6) is -1.91.